The molecule has 0 aliphatic carbocycles. The molecule has 0 saturated carbocycles. The molecule has 3 aliphatic rings. The molecule has 9 heteroatoms. The van der Waals surface area contributed by atoms with Crippen LogP contribution in [0, 0.1) is 17.6 Å². The third-order valence-electron chi connectivity index (χ3n) is 8.41. The van der Waals surface area contributed by atoms with Gasteiger partial charge in [0.1, 0.15) is 11.6 Å². The van der Waals surface area contributed by atoms with Crippen LogP contribution in [-0.2, 0) is 10.2 Å². The van der Waals surface area contributed by atoms with E-state index in [1.807, 2.05) is 12.1 Å². The number of aliphatic hydroxyl groups is 1. The van der Waals surface area contributed by atoms with Crippen LogP contribution >= 0.6 is 0 Å². The zero-order valence-corrected chi connectivity index (χ0v) is 21.2. The summed E-state index contributed by atoms with van der Waals surface area (Å²) in [4.78, 5) is 28.0. The molecule has 0 aromatic heterocycles. The Morgan fingerprint density at radius 3 is 2.39 bits per heavy atom. The van der Waals surface area contributed by atoms with E-state index >= 15 is 0 Å². The van der Waals surface area contributed by atoms with Gasteiger partial charge >= 0.3 is 5.97 Å². The predicted octanol–water partition coefficient (Wildman–Crippen LogP) is 3.74. The van der Waals surface area contributed by atoms with Crippen molar-refractivity contribution < 1.29 is 28.6 Å². The molecule has 1 amide bonds. The molecule has 1 atom stereocenters. The van der Waals surface area contributed by atoms with E-state index in [9.17, 15) is 28.6 Å². The molecule has 2 aromatic carbocycles. The van der Waals surface area contributed by atoms with Crippen LogP contribution < -0.4 is 5.32 Å². The fourth-order valence-electron chi connectivity index (χ4n) is 6.10. The Morgan fingerprint density at radius 2 is 1.74 bits per heavy atom. The highest BCUT2D eigenvalue weighted by molar-refractivity contribution is 5.92. The number of β-amino-alcohol motifs (C(OH)–C–C–N with tert-alkyl or cyclic N) is 1. The number of hydrogen-bond donors (Lipinski definition) is 3. The first-order chi connectivity index (χ1) is 18.2. The first-order valence-electron chi connectivity index (χ1n) is 13.2. The predicted molar refractivity (Wildman–Crippen MR) is 140 cm³/mol. The molecule has 3 N–H and O–H groups in total. The van der Waals surface area contributed by atoms with Gasteiger partial charge in [0.2, 0.25) is 5.91 Å². The van der Waals surface area contributed by atoms with Crippen LogP contribution in [0.2, 0.25) is 0 Å². The zero-order chi connectivity index (χ0) is 26.9. The van der Waals surface area contributed by atoms with Gasteiger partial charge in [-0.2, -0.15) is 0 Å². The summed E-state index contributed by atoms with van der Waals surface area (Å²) in [5.41, 5.74) is 2.64. The maximum atomic E-state index is 13.4. The number of benzene rings is 2. The van der Waals surface area contributed by atoms with Crippen molar-refractivity contribution >= 4 is 23.6 Å². The van der Waals surface area contributed by atoms with Crippen LogP contribution in [0.1, 0.15) is 47.2 Å². The number of likely N-dealkylation sites (tertiary alicyclic amines) is 2. The third-order valence-corrected chi connectivity index (χ3v) is 8.41. The SMILES string of the molecule is O=C(O)c1ccc2c(c1)C1(CCN(CC(O)C3CCN(C(=O)C=Cc4cc(F)cc(F)c4)CC3)CC1)CN2. The Morgan fingerprint density at radius 1 is 1.05 bits per heavy atom. The second-order valence-corrected chi connectivity index (χ2v) is 10.8. The van der Waals surface area contributed by atoms with Crippen molar-refractivity contribution in [2.75, 3.05) is 44.6 Å². The lowest BCUT2D eigenvalue weighted by Gasteiger charge is -2.41. The monoisotopic (exact) mass is 525 g/mol. The molecule has 7 nitrogen and oxygen atoms in total. The van der Waals surface area contributed by atoms with Crippen molar-refractivity contribution in [1.29, 1.82) is 0 Å². The number of nitrogens with one attached hydrogen (secondary N) is 1. The summed E-state index contributed by atoms with van der Waals surface area (Å²) >= 11 is 0. The Hall–Kier alpha value is -3.30. The highest BCUT2D eigenvalue weighted by atomic mass is 19.1. The molecule has 2 aromatic rings. The van der Waals surface area contributed by atoms with Crippen LogP contribution in [0.5, 0.6) is 0 Å². The molecule has 0 bridgehead atoms. The molecule has 2 saturated heterocycles. The van der Waals surface area contributed by atoms with Crippen LogP contribution in [0.3, 0.4) is 0 Å². The lowest BCUT2D eigenvalue weighted by atomic mass is 9.74. The normalized spacial score (nSPS) is 20.4. The minimum Gasteiger partial charge on any atom is -0.478 e. The number of carboxylic acids is 1. The second kappa shape index (κ2) is 10.8. The number of aromatic carboxylic acids is 1. The number of fused-ring (bicyclic) bond motifs is 2. The van der Waals surface area contributed by atoms with Crippen molar-refractivity contribution in [3.8, 4) is 0 Å². The van der Waals surface area contributed by atoms with Gasteiger partial charge in [0, 0.05) is 49.4 Å². The zero-order valence-electron chi connectivity index (χ0n) is 21.2. The Kier molecular flexibility index (Phi) is 7.49. The molecule has 3 heterocycles. The van der Waals surface area contributed by atoms with Gasteiger partial charge in [-0.25, -0.2) is 13.6 Å². The first-order valence-corrected chi connectivity index (χ1v) is 13.2. The van der Waals surface area contributed by atoms with Gasteiger partial charge < -0.3 is 25.3 Å². The fourth-order valence-corrected chi connectivity index (χ4v) is 6.10. The van der Waals surface area contributed by atoms with Crippen LogP contribution in [0.4, 0.5) is 14.5 Å². The van der Waals surface area contributed by atoms with E-state index in [0.717, 1.165) is 49.8 Å². The number of amides is 1. The van der Waals surface area contributed by atoms with Gasteiger partial charge in [-0.1, -0.05) is 0 Å². The Labute approximate surface area is 220 Å². The van der Waals surface area contributed by atoms with Crippen molar-refractivity contribution in [2.45, 2.75) is 37.2 Å². The molecule has 38 heavy (non-hydrogen) atoms. The van der Waals surface area contributed by atoms with E-state index in [-0.39, 0.29) is 17.2 Å². The van der Waals surface area contributed by atoms with Crippen molar-refractivity contribution in [3.05, 3.63) is 70.8 Å². The van der Waals surface area contributed by atoms with Crippen LogP contribution in [0.25, 0.3) is 6.08 Å². The molecular weight excluding hydrogens is 492 g/mol. The van der Waals surface area contributed by atoms with E-state index in [4.69, 9.17) is 0 Å². The number of carboxylic acid groups (broad SMARTS) is 1. The van der Waals surface area contributed by atoms with E-state index in [1.54, 1.807) is 11.0 Å². The maximum Gasteiger partial charge on any atom is 0.335 e. The molecule has 3 aliphatic heterocycles. The summed E-state index contributed by atoms with van der Waals surface area (Å²) in [7, 11) is 0. The van der Waals surface area contributed by atoms with Gasteiger partial charge in [-0.3, -0.25) is 4.79 Å². The van der Waals surface area contributed by atoms with Crippen molar-refractivity contribution in [2.24, 2.45) is 5.92 Å². The topological polar surface area (TPSA) is 93.1 Å². The molecule has 2 fully saturated rings. The lowest BCUT2D eigenvalue weighted by Crippen LogP contribution is -2.48. The number of nitrogens with zero attached hydrogens (tertiary/aromatic N) is 2. The molecular formula is C29H33F2N3O4. The smallest absolute Gasteiger partial charge is 0.335 e. The van der Waals surface area contributed by atoms with Gasteiger partial charge in [0.15, 0.2) is 0 Å². The summed E-state index contributed by atoms with van der Waals surface area (Å²) in [5, 5.41) is 23.8. The van der Waals surface area contributed by atoms with E-state index in [0.29, 0.717) is 43.6 Å². The van der Waals surface area contributed by atoms with Crippen LogP contribution in [-0.4, -0.2) is 77.3 Å². The standard InChI is InChI=1S/C29H33F2N3O4/c30-22-13-19(14-23(31)16-22)1-4-27(36)34-9-5-20(6-10-34)26(35)17-33-11-7-29(8-12-33)18-32-25-3-2-21(28(37)38)15-24(25)29/h1-4,13-16,20,26,32,35H,5-12,17-18H2,(H,37,38). The Balaban J connectivity index is 1.10. The number of halogens is 2. The van der Waals surface area contributed by atoms with E-state index in [2.05, 4.69) is 10.2 Å². The highest BCUT2D eigenvalue weighted by Gasteiger charge is 2.42. The number of anilines is 1. The molecule has 1 unspecified atom stereocenters. The van der Waals surface area contributed by atoms with Crippen LogP contribution in [0.15, 0.2) is 42.5 Å². The summed E-state index contributed by atoms with van der Waals surface area (Å²) in [6, 6.07) is 8.44. The Bertz CT molecular complexity index is 1210. The average molecular weight is 526 g/mol. The van der Waals surface area contributed by atoms with Gasteiger partial charge in [0.25, 0.3) is 0 Å². The number of hydrogen-bond acceptors (Lipinski definition) is 5. The first kappa shape index (κ1) is 26.3. The summed E-state index contributed by atoms with van der Waals surface area (Å²) in [6.45, 7) is 4.10. The molecule has 202 valence electrons. The van der Waals surface area contributed by atoms with E-state index in [1.165, 1.54) is 24.3 Å². The maximum absolute atomic E-state index is 13.4. The largest absolute Gasteiger partial charge is 0.478 e. The van der Waals surface area contributed by atoms with Gasteiger partial charge in [-0.15, -0.1) is 0 Å². The summed E-state index contributed by atoms with van der Waals surface area (Å²) in [5.74, 6) is -2.40. The molecule has 0 radical (unpaired) electrons. The van der Waals surface area contributed by atoms with Gasteiger partial charge in [-0.05, 0) is 92.2 Å². The number of carbonyl (C=O) groups excluding carboxylic acids is 1. The van der Waals surface area contributed by atoms with Crippen molar-refractivity contribution in [3.63, 3.8) is 0 Å². The third kappa shape index (κ3) is 5.59. The molecule has 5 rings (SSSR count). The number of rotatable bonds is 6. The van der Waals surface area contributed by atoms with E-state index < -0.39 is 23.7 Å². The quantitative estimate of drug-likeness (QED) is 0.498. The van der Waals surface area contributed by atoms with Gasteiger partial charge in [0.05, 0.1) is 11.7 Å². The van der Waals surface area contributed by atoms with Crippen molar-refractivity contribution in [1.82, 2.24) is 9.80 Å². The summed E-state index contributed by atoms with van der Waals surface area (Å²) < 4.78 is 26.7. The lowest BCUT2D eigenvalue weighted by molar-refractivity contribution is -0.128. The highest BCUT2D eigenvalue weighted by Crippen LogP contribution is 2.44. The second-order valence-electron chi connectivity index (χ2n) is 10.8. The summed E-state index contributed by atoms with van der Waals surface area (Å²) in [6.07, 6.45) is 5.46. The fraction of sp³-hybridized carbons (Fsp3) is 0.448. The molecule has 1 spiro atoms. The number of aliphatic hydroxyl groups excluding tert-OH is 1. The number of carbonyl (C=O) groups is 2. The minimum absolute atomic E-state index is 0.0707. The number of piperidine rings is 2. The minimum atomic E-state index is -0.916. The average Bonchev–Trinajstić information content (AvgIpc) is 3.25.